The molecule has 0 radical (unpaired) electrons. The number of carbonyl (C=O) groups excluding carboxylic acids is 1. The Morgan fingerprint density at radius 1 is 1.44 bits per heavy atom. The van der Waals surface area contributed by atoms with E-state index in [1.807, 2.05) is 26.8 Å². The molecule has 1 aliphatic heterocycles. The third-order valence-corrected chi connectivity index (χ3v) is 2.75. The molecule has 1 aromatic rings. The Bertz CT molecular complexity index is 469. The lowest BCUT2D eigenvalue weighted by atomic mass is 10.2. The van der Waals surface area contributed by atoms with E-state index < -0.39 is 5.60 Å². The van der Waals surface area contributed by atoms with Crippen molar-refractivity contribution in [3.63, 3.8) is 0 Å². The van der Waals surface area contributed by atoms with Crippen LogP contribution >= 0.6 is 11.6 Å². The third kappa shape index (κ3) is 2.88. The molecule has 4 nitrogen and oxygen atoms in total. The Morgan fingerprint density at radius 3 is 2.83 bits per heavy atom. The maximum Gasteiger partial charge on any atom is 0.414 e. The van der Waals surface area contributed by atoms with E-state index in [1.54, 1.807) is 17.0 Å². The van der Waals surface area contributed by atoms with Crippen LogP contribution in [0.2, 0.25) is 5.02 Å². The van der Waals surface area contributed by atoms with Crippen LogP contribution in [0.1, 0.15) is 20.8 Å². The number of anilines is 2. The summed E-state index contributed by atoms with van der Waals surface area (Å²) < 4.78 is 5.39. The van der Waals surface area contributed by atoms with Crippen molar-refractivity contribution < 1.29 is 9.53 Å². The van der Waals surface area contributed by atoms with Gasteiger partial charge in [-0.3, -0.25) is 4.90 Å². The standard InChI is InChI=1S/C13H17ClN2O2/c1-13(2,3)18-12(17)16-7-6-15-10-5-4-9(14)8-11(10)16/h4-5,8,15H,6-7H2,1-3H3. The summed E-state index contributed by atoms with van der Waals surface area (Å²) >= 11 is 5.97. The number of ether oxygens (including phenoxy) is 1. The molecule has 1 amide bonds. The van der Waals surface area contributed by atoms with Gasteiger partial charge in [0.05, 0.1) is 11.4 Å². The number of hydrogen-bond donors (Lipinski definition) is 1. The van der Waals surface area contributed by atoms with Gasteiger partial charge >= 0.3 is 6.09 Å². The molecule has 0 aliphatic carbocycles. The minimum Gasteiger partial charge on any atom is -0.443 e. The number of benzene rings is 1. The average molecular weight is 269 g/mol. The Kier molecular flexibility index (Phi) is 3.39. The van der Waals surface area contributed by atoms with Crippen LogP contribution in [0.3, 0.4) is 0 Å². The Morgan fingerprint density at radius 2 is 2.17 bits per heavy atom. The minimum atomic E-state index is -0.499. The van der Waals surface area contributed by atoms with Crippen LogP contribution in [0.5, 0.6) is 0 Å². The fourth-order valence-electron chi connectivity index (χ4n) is 1.81. The molecular formula is C13H17ClN2O2. The van der Waals surface area contributed by atoms with E-state index in [9.17, 15) is 4.79 Å². The van der Waals surface area contributed by atoms with Crippen molar-refractivity contribution in [1.82, 2.24) is 0 Å². The van der Waals surface area contributed by atoms with Gasteiger partial charge in [0.1, 0.15) is 5.60 Å². The quantitative estimate of drug-likeness (QED) is 0.783. The van der Waals surface area contributed by atoms with E-state index in [4.69, 9.17) is 16.3 Å². The van der Waals surface area contributed by atoms with Gasteiger partial charge in [-0.1, -0.05) is 11.6 Å². The number of nitrogens with zero attached hydrogens (tertiary/aromatic N) is 1. The number of halogens is 1. The summed E-state index contributed by atoms with van der Waals surface area (Å²) in [5.74, 6) is 0. The zero-order valence-corrected chi connectivity index (χ0v) is 11.5. The van der Waals surface area contributed by atoms with Crippen LogP contribution in [0.4, 0.5) is 16.2 Å². The van der Waals surface area contributed by atoms with Gasteiger partial charge in [-0.25, -0.2) is 4.79 Å². The largest absolute Gasteiger partial charge is 0.443 e. The van der Waals surface area contributed by atoms with Gasteiger partial charge in [0.15, 0.2) is 0 Å². The number of carbonyl (C=O) groups is 1. The predicted molar refractivity (Wildman–Crippen MR) is 73.5 cm³/mol. The molecule has 1 heterocycles. The first-order chi connectivity index (χ1) is 8.37. The van der Waals surface area contributed by atoms with Crippen molar-refractivity contribution in [2.75, 3.05) is 23.3 Å². The first-order valence-electron chi connectivity index (χ1n) is 5.91. The summed E-state index contributed by atoms with van der Waals surface area (Å²) in [5, 5.41) is 3.83. The van der Waals surface area contributed by atoms with Crippen LogP contribution in [-0.2, 0) is 4.74 Å². The van der Waals surface area contributed by atoms with Gasteiger partial charge in [0, 0.05) is 18.1 Å². The van der Waals surface area contributed by atoms with Crippen LogP contribution in [0, 0.1) is 0 Å². The molecule has 1 aliphatic rings. The number of rotatable bonds is 0. The number of amides is 1. The lowest BCUT2D eigenvalue weighted by molar-refractivity contribution is 0.0581. The maximum absolute atomic E-state index is 12.1. The average Bonchev–Trinajstić information content (AvgIpc) is 2.25. The van der Waals surface area contributed by atoms with E-state index in [0.29, 0.717) is 18.1 Å². The molecule has 0 spiro atoms. The van der Waals surface area contributed by atoms with Gasteiger partial charge in [-0.05, 0) is 39.0 Å². The second kappa shape index (κ2) is 4.69. The molecule has 0 bridgehead atoms. The number of nitrogens with one attached hydrogen (secondary N) is 1. The van der Waals surface area contributed by atoms with Gasteiger partial charge < -0.3 is 10.1 Å². The monoisotopic (exact) mass is 268 g/mol. The molecule has 5 heteroatoms. The molecule has 0 atom stereocenters. The topological polar surface area (TPSA) is 41.6 Å². The normalized spacial score (nSPS) is 14.8. The second-order valence-electron chi connectivity index (χ2n) is 5.22. The van der Waals surface area contributed by atoms with Crippen molar-refractivity contribution in [3.8, 4) is 0 Å². The second-order valence-corrected chi connectivity index (χ2v) is 5.66. The third-order valence-electron chi connectivity index (χ3n) is 2.52. The van der Waals surface area contributed by atoms with E-state index in [-0.39, 0.29) is 6.09 Å². The van der Waals surface area contributed by atoms with Gasteiger partial charge in [-0.2, -0.15) is 0 Å². The lowest BCUT2D eigenvalue weighted by Gasteiger charge is -2.32. The van der Waals surface area contributed by atoms with Crippen LogP contribution in [0.25, 0.3) is 0 Å². The Balaban J connectivity index is 2.27. The van der Waals surface area contributed by atoms with E-state index in [0.717, 1.165) is 11.4 Å². The molecule has 18 heavy (non-hydrogen) atoms. The van der Waals surface area contributed by atoms with Crippen LogP contribution in [-0.4, -0.2) is 24.8 Å². The highest BCUT2D eigenvalue weighted by Crippen LogP contribution is 2.32. The van der Waals surface area contributed by atoms with E-state index in [2.05, 4.69) is 5.32 Å². The summed E-state index contributed by atoms with van der Waals surface area (Å²) in [6, 6.07) is 5.44. The summed E-state index contributed by atoms with van der Waals surface area (Å²) in [5.41, 5.74) is 1.17. The van der Waals surface area contributed by atoms with Crippen molar-refractivity contribution >= 4 is 29.1 Å². The molecule has 0 aromatic heterocycles. The molecule has 1 N–H and O–H groups in total. The van der Waals surface area contributed by atoms with E-state index >= 15 is 0 Å². The summed E-state index contributed by atoms with van der Waals surface area (Å²) in [7, 11) is 0. The summed E-state index contributed by atoms with van der Waals surface area (Å²) in [4.78, 5) is 13.7. The lowest BCUT2D eigenvalue weighted by Crippen LogP contribution is -2.42. The van der Waals surface area contributed by atoms with Crippen molar-refractivity contribution in [2.45, 2.75) is 26.4 Å². The fourth-order valence-corrected chi connectivity index (χ4v) is 1.97. The van der Waals surface area contributed by atoms with Crippen molar-refractivity contribution in [2.24, 2.45) is 0 Å². The first-order valence-corrected chi connectivity index (χ1v) is 6.28. The Hall–Kier alpha value is -1.42. The molecular weight excluding hydrogens is 252 g/mol. The Labute approximate surface area is 112 Å². The molecule has 2 rings (SSSR count). The zero-order chi connectivity index (χ0) is 13.3. The predicted octanol–water partition coefficient (Wildman–Crippen LogP) is 3.51. The zero-order valence-electron chi connectivity index (χ0n) is 10.8. The molecule has 98 valence electrons. The fraction of sp³-hybridized carbons (Fsp3) is 0.462. The summed E-state index contributed by atoms with van der Waals surface area (Å²) in [6.07, 6.45) is -0.340. The SMILES string of the molecule is CC(C)(C)OC(=O)N1CCNc2ccc(Cl)cc21. The first kappa shape index (κ1) is 13.0. The summed E-state index contributed by atoms with van der Waals surface area (Å²) in [6.45, 7) is 6.83. The molecule has 0 unspecified atom stereocenters. The van der Waals surface area contributed by atoms with Crippen LogP contribution in [0.15, 0.2) is 18.2 Å². The highest BCUT2D eigenvalue weighted by Gasteiger charge is 2.27. The highest BCUT2D eigenvalue weighted by molar-refractivity contribution is 6.31. The smallest absolute Gasteiger partial charge is 0.414 e. The molecule has 0 saturated heterocycles. The molecule has 0 fully saturated rings. The maximum atomic E-state index is 12.1. The molecule has 1 aromatic carbocycles. The highest BCUT2D eigenvalue weighted by atomic mass is 35.5. The van der Waals surface area contributed by atoms with Crippen LogP contribution < -0.4 is 10.2 Å². The van der Waals surface area contributed by atoms with Crippen molar-refractivity contribution in [3.05, 3.63) is 23.2 Å². The molecule has 0 saturated carbocycles. The van der Waals surface area contributed by atoms with Gasteiger partial charge in [0.25, 0.3) is 0 Å². The van der Waals surface area contributed by atoms with Gasteiger partial charge in [0.2, 0.25) is 0 Å². The number of fused-ring (bicyclic) bond motifs is 1. The number of hydrogen-bond acceptors (Lipinski definition) is 3. The minimum absolute atomic E-state index is 0.340. The van der Waals surface area contributed by atoms with Gasteiger partial charge in [-0.15, -0.1) is 0 Å². The van der Waals surface area contributed by atoms with Crippen molar-refractivity contribution in [1.29, 1.82) is 0 Å². The van der Waals surface area contributed by atoms with E-state index in [1.165, 1.54) is 0 Å².